The summed E-state index contributed by atoms with van der Waals surface area (Å²) in [5, 5.41) is 3.73. The molecule has 2 aromatic rings. The Hall–Kier alpha value is -1.30. The molecule has 0 aliphatic carbocycles. The molecular formula is C20H25NO2S2. The fourth-order valence-corrected chi connectivity index (χ4v) is 5.11. The number of anilines is 1. The minimum atomic E-state index is -0.0120. The lowest BCUT2D eigenvalue weighted by molar-refractivity contribution is 0.1000. The molecule has 25 heavy (non-hydrogen) atoms. The molecular weight excluding hydrogens is 350 g/mol. The molecule has 1 saturated heterocycles. The SMILES string of the molecule is CCc1cc(C(=O)Nc2cccc(CSC3CCOCC3)c2)sc1C. The van der Waals surface area contributed by atoms with E-state index in [0.29, 0.717) is 5.25 Å². The van der Waals surface area contributed by atoms with E-state index in [1.54, 1.807) is 11.3 Å². The third kappa shape index (κ3) is 5.09. The summed E-state index contributed by atoms with van der Waals surface area (Å²) in [6, 6.07) is 10.2. The van der Waals surface area contributed by atoms with E-state index in [1.807, 2.05) is 30.0 Å². The van der Waals surface area contributed by atoms with Gasteiger partial charge in [0.2, 0.25) is 0 Å². The zero-order valence-electron chi connectivity index (χ0n) is 14.8. The lowest BCUT2D eigenvalue weighted by atomic mass is 10.2. The average Bonchev–Trinajstić information content (AvgIpc) is 3.02. The summed E-state index contributed by atoms with van der Waals surface area (Å²) in [4.78, 5) is 14.5. The van der Waals surface area contributed by atoms with Gasteiger partial charge in [0.15, 0.2) is 0 Å². The quantitative estimate of drug-likeness (QED) is 0.746. The monoisotopic (exact) mass is 375 g/mol. The van der Waals surface area contributed by atoms with Crippen LogP contribution in [0.3, 0.4) is 0 Å². The van der Waals surface area contributed by atoms with E-state index in [-0.39, 0.29) is 5.91 Å². The van der Waals surface area contributed by atoms with Crippen LogP contribution < -0.4 is 5.32 Å². The first-order valence-corrected chi connectivity index (χ1v) is 10.7. The fraction of sp³-hybridized carbons (Fsp3) is 0.450. The number of amides is 1. The molecule has 1 aliphatic heterocycles. The highest BCUT2D eigenvalue weighted by Crippen LogP contribution is 2.27. The van der Waals surface area contributed by atoms with E-state index in [2.05, 4.69) is 31.3 Å². The highest BCUT2D eigenvalue weighted by atomic mass is 32.2. The highest BCUT2D eigenvalue weighted by Gasteiger charge is 2.15. The van der Waals surface area contributed by atoms with E-state index in [0.717, 1.165) is 48.8 Å². The smallest absolute Gasteiger partial charge is 0.265 e. The zero-order valence-corrected chi connectivity index (χ0v) is 16.5. The number of carbonyl (C=O) groups excluding carboxylic acids is 1. The maximum atomic E-state index is 12.5. The lowest BCUT2D eigenvalue weighted by Crippen LogP contribution is -2.17. The van der Waals surface area contributed by atoms with Gasteiger partial charge in [-0.25, -0.2) is 0 Å². The van der Waals surface area contributed by atoms with Crippen molar-refractivity contribution in [3.05, 3.63) is 51.2 Å². The largest absolute Gasteiger partial charge is 0.381 e. The molecule has 3 rings (SSSR count). The molecule has 0 unspecified atom stereocenters. The molecule has 0 atom stereocenters. The predicted molar refractivity (Wildman–Crippen MR) is 108 cm³/mol. The average molecular weight is 376 g/mol. The number of ether oxygens (including phenoxy) is 1. The first kappa shape index (κ1) is 18.5. The third-order valence-electron chi connectivity index (χ3n) is 4.46. The second-order valence-electron chi connectivity index (χ2n) is 6.32. The van der Waals surface area contributed by atoms with Gasteiger partial charge >= 0.3 is 0 Å². The number of nitrogens with one attached hydrogen (secondary N) is 1. The Kier molecular flexibility index (Phi) is 6.57. The molecule has 1 aliphatic rings. The second kappa shape index (κ2) is 8.88. The van der Waals surface area contributed by atoms with Crippen LogP contribution >= 0.6 is 23.1 Å². The summed E-state index contributed by atoms with van der Waals surface area (Å²) >= 11 is 3.56. The lowest BCUT2D eigenvalue weighted by Gasteiger charge is -2.21. The molecule has 0 spiro atoms. The maximum absolute atomic E-state index is 12.5. The standard InChI is InChI=1S/C20H25NO2S2/c1-3-16-12-19(25-14(16)2)20(22)21-17-6-4-5-15(11-17)13-24-18-7-9-23-10-8-18/h4-6,11-12,18H,3,7-10,13H2,1-2H3,(H,21,22). The molecule has 1 aromatic carbocycles. The third-order valence-corrected chi connectivity index (χ3v) is 7.00. The van der Waals surface area contributed by atoms with Crippen LogP contribution in [-0.4, -0.2) is 24.4 Å². The number of hydrogen-bond acceptors (Lipinski definition) is 4. The van der Waals surface area contributed by atoms with Crippen LogP contribution in [0, 0.1) is 6.92 Å². The van der Waals surface area contributed by atoms with Crippen molar-refractivity contribution in [3.8, 4) is 0 Å². The molecule has 0 bridgehead atoms. The highest BCUT2D eigenvalue weighted by molar-refractivity contribution is 7.99. The zero-order chi connectivity index (χ0) is 17.6. The molecule has 134 valence electrons. The van der Waals surface area contributed by atoms with Crippen molar-refractivity contribution in [2.75, 3.05) is 18.5 Å². The molecule has 1 aromatic heterocycles. The van der Waals surface area contributed by atoms with Crippen LogP contribution in [0.1, 0.15) is 45.4 Å². The Morgan fingerprint density at radius 2 is 2.12 bits per heavy atom. The van der Waals surface area contributed by atoms with Gasteiger partial charge < -0.3 is 10.1 Å². The summed E-state index contributed by atoms with van der Waals surface area (Å²) < 4.78 is 5.41. The van der Waals surface area contributed by atoms with E-state index < -0.39 is 0 Å². The van der Waals surface area contributed by atoms with Gasteiger partial charge in [-0.2, -0.15) is 11.8 Å². The first-order valence-electron chi connectivity index (χ1n) is 8.84. The van der Waals surface area contributed by atoms with Crippen molar-refractivity contribution in [1.82, 2.24) is 0 Å². The Morgan fingerprint density at radius 1 is 1.32 bits per heavy atom. The van der Waals surface area contributed by atoms with Gasteiger partial charge in [-0.1, -0.05) is 19.1 Å². The molecule has 1 N–H and O–H groups in total. The number of aryl methyl sites for hydroxylation is 2. The minimum Gasteiger partial charge on any atom is -0.381 e. The van der Waals surface area contributed by atoms with Gasteiger partial charge in [0, 0.05) is 34.8 Å². The molecule has 0 radical (unpaired) electrons. The number of carbonyl (C=O) groups is 1. The predicted octanol–water partition coefficient (Wildman–Crippen LogP) is 5.28. The van der Waals surface area contributed by atoms with Gasteiger partial charge in [-0.3, -0.25) is 4.79 Å². The van der Waals surface area contributed by atoms with Gasteiger partial charge in [0.05, 0.1) is 4.88 Å². The first-order chi connectivity index (χ1) is 12.2. The van der Waals surface area contributed by atoms with Crippen molar-refractivity contribution < 1.29 is 9.53 Å². The van der Waals surface area contributed by atoms with Crippen molar-refractivity contribution in [2.24, 2.45) is 0 Å². The molecule has 2 heterocycles. The summed E-state index contributed by atoms with van der Waals surface area (Å²) in [5.41, 5.74) is 3.39. The van der Waals surface area contributed by atoms with Crippen LogP contribution in [0.5, 0.6) is 0 Å². The summed E-state index contributed by atoms with van der Waals surface area (Å²) in [6.45, 7) is 5.96. The summed E-state index contributed by atoms with van der Waals surface area (Å²) in [7, 11) is 0. The van der Waals surface area contributed by atoms with E-state index in [1.165, 1.54) is 16.0 Å². The van der Waals surface area contributed by atoms with Gasteiger partial charge in [-0.05, 0) is 55.5 Å². The van der Waals surface area contributed by atoms with Crippen LogP contribution in [0.25, 0.3) is 0 Å². The molecule has 5 heteroatoms. The Bertz CT molecular complexity index is 720. The van der Waals surface area contributed by atoms with Crippen LogP contribution in [0.4, 0.5) is 5.69 Å². The van der Waals surface area contributed by atoms with Crippen molar-refractivity contribution >= 4 is 34.7 Å². The van der Waals surface area contributed by atoms with Gasteiger partial charge in [0.1, 0.15) is 0 Å². The number of benzene rings is 1. The van der Waals surface area contributed by atoms with E-state index in [4.69, 9.17) is 4.74 Å². The maximum Gasteiger partial charge on any atom is 0.265 e. The number of thioether (sulfide) groups is 1. The van der Waals surface area contributed by atoms with Crippen LogP contribution in [0.15, 0.2) is 30.3 Å². The van der Waals surface area contributed by atoms with Gasteiger partial charge in [-0.15, -0.1) is 11.3 Å². The second-order valence-corrected chi connectivity index (χ2v) is 8.87. The van der Waals surface area contributed by atoms with Crippen LogP contribution in [-0.2, 0) is 16.9 Å². The summed E-state index contributed by atoms with van der Waals surface area (Å²) in [6.07, 6.45) is 3.24. The van der Waals surface area contributed by atoms with E-state index >= 15 is 0 Å². The molecule has 1 fully saturated rings. The number of thiophene rings is 1. The van der Waals surface area contributed by atoms with Crippen molar-refractivity contribution in [2.45, 2.75) is 44.1 Å². The Balaban J connectivity index is 1.59. The Labute approximate surface area is 158 Å². The molecule has 1 amide bonds. The fourth-order valence-electron chi connectivity index (χ4n) is 2.97. The minimum absolute atomic E-state index is 0.0120. The molecule has 3 nitrogen and oxygen atoms in total. The number of rotatable bonds is 6. The topological polar surface area (TPSA) is 38.3 Å². The van der Waals surface area contributed by atoms with Crippen molar-refractivity contribution in [3.63, 3.8) is 0 Å². The normalized spacial score (nSPS) is 15.3. The summed E-state index contributed by atoms with van der Waals surface area (Å²) in [5.74, 6) is 0.967. The molecule has 0 saturated carbocycles. The Morgan fingerprint density at radius 3 is 2.84 bits per heavy atom. The number of hydrogen-bond donors (Lipinski definition) is 1. The van der Waals surface area contributed by atoms with Gasteiger partial charge in [0.25, 0.3) is 5.91 Å². The van der Waals surface area contributed by atoms with E-state index in [9.17, 15) is 4.79 Å². The van der Waals surface area contributed by atoms with Crippen LogP contribution in [0.2, 0.25) is 0 Å². The van der Waals surface area contributed by atoms with Crippen molar-refractivity contribution in [1.29, 1.82) is 0 Å².